The minimum absolute atomic E-state index is 0.681. The molecule has 2 N–H and O–H groups in total. The number of aliphatic imine (C=N–C) groups is 2. The maximum absolute atomic E-state index is 4.47. The van der Waals surface area contributed by atoms with Gasteiger partial charge in [0.2, 0.25) is 0 Å². The molecule has 0 radical (unpaired) electrons. The number of rotatable bonds is 5. The number of fused-ring (bicyclic) bond motifs is 1. The Labute approximate surface area is 166 Å². The van der Waals surface area contributed by atoms with Gasteiger partial charge >= 0.3 is 0 Å². The fourth-order valence-corrected chi connectivity index (χ4v) is 2.60. The monoisotopic (exact) mass is 376 g/mol. The molecule has 146 valence electrons. The van der Waals surface area contributed by atoms with Gasteiger partial charge < -0.3 is 4.98 Å². The number of allylic oxidation sites excluding steroid dienone is 1. The predicted octanol–water partition coefficient (Wildman–Crippen LogP) is 5.69. The molecule has 0 aliphatic carbocycles. The number of pyridine rings is 1. The number of aromatic amines is 2. The van der Waals surface area contributed by atoms with Crippen LogP contribution in [0.4, 0.5) is 0 Å². The van der Waals surface area contributed by atoms with E-state index in [1.807, 2.05) is 60.0 Å². The van der Waals surface area contributed by atoms with Crippen LogP contribution >= 0.6 is 0 Å². The summed E-state index contributed by atoms with van der Waals surface area (Å²) in [5, 5.41) is 8.36. The molecule has 0 aliphatic heterocycles. The molecular weight excluding hydrogens is 348 g/mol. The second kappa shape index (κ2) is 9.60. The Hall–Kier alpha value is -3.28. The molecule has 3 heterocycles. The second-order valence-electron chi connectivity index (χ2n) is 6.31. The first-order valence-electron chi connectivity index (χ1n) is 9.36. The van der Waals surface area contributed by atoms with Gasteiger partial charge in [0.1, 0.15) is 0 Å². The van der Waals surface area contributed by atoms with Crippen molar-refractivity contribution in [3.05, 3.63) is 54.1 Å². The molecule has 3 aromatic rings. The number of hydrogen-bond donors (Lipinski definition) is 2. The Morgan fingerprint density at radius 2 is 1.93 bits per heavy atom. The molecule has 0 aromatic carbocycles. The van der Waals surface area contributed by atoms with Crippen LogP contribution in [0.1, 0.15) is 51.4 Å². The van der Waals surface area contributed by atoms with E-state index < -0.39 is 0 Å². The molecule has 0 saturated heterocycles. The van der Waals surface area contributed by atoms with Gasteiger partial charge in [-0.15, -0.1) is 0 Å². The lowest BCUT2D eigenvalue weighted by Crippen LogP contribution is -1.85. The molecular formula is C22H28N6. The van der Waals surface area contributed by atoms with Crippen LogP contribution < -0.4 is 0 Å². The summed E-state index contributed by atoms with van der Waals surface area (Å²) in [5.41, 5.74) is 7.64. The maximum Gasteiger partial charge on any atom is 0.181 e. The van der Waals surface area contributed by atoms with Crippen molar-refractivity contribution in [3.8, 4) is 11.4 Å². The van der Waals surface area contributed by atoms with Crippen molar-refractivity contribution in [1.82, 2.24) is 20.2 Å². The number of aromatic nitrogens is 4. The summed E-state index contributed by atoms with van der Waals surface area (Å²) in [4.78, 5) is 16.3. The van der Waals surface area contributed by atoms with Crippen molar-refractivity contribution in [2.75, 3.05) is 0 Å². The number of H-pyrrole nitrogens is 2. The van der Waals surface area contributed by atoms with Crippen LogP contribution in [0.2, 0.25) is 0 Å². The zero-order valence-electron chi connectivity index (χ0n) is 17.5. The van der Waals surface area contributed by atoms with E-state index >= 15 is 0 Å². The van der Waals surface area contributed by atoms with E-state index in [9.17, 15) is 0 Å². The summed E-state index contributed by atoms with van der Waals surface area (Å²) in [6.07, 6.45) is 6.98. The first-order chi connectivity index (χ1) is 13.5. The first-order valence-corrected chi connectivity index (χ1v) is 9.36. The molecule has 0 unspecified atom stereocenters. The molecule has 0 amide bonds. The standard InChI is InChI=1S/C20H22N6.C2H6/c1-6-21-10-16-8-18(24-14(16)5)19-17-7-15(11-23-20(17)26-25-19)13(4)9-22-12(2)3;1-2/h6-11,24H,1H2,2-5H3,(H,23,25,26);1-2H3/b13-9+,21-10?;. The van der Waals surface area contributed by atoms with Crippen molar-refractivity contribution >= 4 is 28.5 Å². The molecule has 6 nitrogen and oxygen atoms in total. The van der Waals surface area contributed by atoms with Gasteiger partial charge in [0.25, 0.3) is 0 Å². The number of aryl methyl sites for hydroxylation is 1. The highest BCUT2D eigenvalue weighted by Gasteiger charge is 2.13. The Morgan fingerprint density at radius 1 is 1.18 bits per heavy atom. The van der Waals surface area contributed by atoms with Gasteiger partial charge in [0.15, 0.2) is 5.65 Å². The first kappa shape index (κ1) is 21.0. The lowest BCUT2D eigenvalue weighted by molar-refractivity contribution is 1.09. The maximum atomic E-state index is 4.47. The van der Waals surface area contributed by atoms with E-state index in [0.29, 0.717) is 5.65 Å². The fraction of sp³-hybridized carbons (Fsp3) is 0.273. The summed E-state index contributed by atoms with van der Waals surface area (Å²) in [5.74, 6) is 0. The van der Waals surface area contributed by atoms with Crippen LogP contribution in [0.5, 0.6) is 0 Å². The Bertz CT molecular complexity index is 1040. The molecule has 28 heavy (non-hydrogen) atoms. The van der Waals surface area contributed by atoms with Gasteiger partial charge in [-0.25, -0.2) is 4.98 Å². The van der Waals surface area contributed by atoms with E-state index in [1.165, 1.54) is 6.20 Å². The molecule has 0 aliphatic rings. The summed E-state index contributed by atoms with van der Waals surface area (Å²) in [7, 11) is 0. The van der Waals surface area contributed by atoms with Gasteiger partial charge in [-0.05, 0) is 51.0 Å². The van der Waals surface area contributed by atoms with E-state index in [4.69, 9.17) is 0 Å². The normalized spacial score (nSPS) is 11.4. The lowest BCUT2D eigenvalue weighted by atomic mass is 10.1. The molecule has 0 atom stereocenters. The second-order valence-corrected chi connectivity index (χ2v) is 6.31. The quantitative estimate of drug-likeness (QED) is 0.561. The van der Waals surface area contributed by atoms with Crippen molar-refractivity contribution in [2.45, 2.75) is 41.5 Å². The fourth-order valence-electron chi connectivity index (χ4n) is 2.60. The largest absolute Gasteiger partial charge is 0.357 e. The Morgan fingerprint density at radius 3 is 2.61 bits per heavy atom. The highest BCUT2D eigenvalue weighted by molar-refractivity contribution is 5.93. The molecule has 6 heteroatoms. The molecule has 0 spiro atoms. The summed E-state index contributed by atoms with van der Waals surface area (Å²) < 4.78 is 0. The Kier molecular flexibility index (Phi) is 7.21. The predicted molar refractivity (Wildman–Crippen MR) is 120 cm³/mol. The Balaban J connectivity index is 0.00000136. The zero-order valence-corrected chi connectivity index (χ0v) is 17.5. The molecule has 3 aromatic heterocycles. The molecule has 0 saturated carbocycles. The molecule has 0 fully saturated rings. The average molecular weight is 377 g/mol. The van der Waals surface area contributed by atoms with E-state index in [2.05, 4.69) is 42.8 Å². The van der Waals surface area contributed by atoms with Crippen molar-refractivity contribution in [1.29, 1.82) is 0 Å². The number of nitrogens with one attached hydrogen (secondary N) is 2. The lowest BCUT2D eigenvalue weighted by Gasteiger charge is -2.01. The third-order valence-electron chi connectivity index (χ3n) is 4.02. The highest BCUT2D eigenvalue weighted by atomic mass is 15.2. The van der Waals surface area contributed by atoms with Crippen molar-refractivity contribution in [3.63, 3.8) is 0 Å². The number of hydrogen-bond acceptors (Lipinski definition) is 4. The zero-order chi connectivity index (χ0) is 20.7. The van der Waals surface area contributed by atoms with Crippen molar-refractivity contribution in [2.24, 2.45) is 9.98 Å². The van der Waals surface area contributed by atoms with Crippen LogP contribution in [0.15, 0.2) is 47.3 Å². The van der Waals surface area contributed by atoms with E-state index in [0.717, 1.165) is 44.9 Å². The van der Waals surface area contributed by atoms with Crippen LogP contribution in [-0.2, 0) is 0 Å². The van der Waals surface area contributed by atoms with Gasteiger partial charge in [0, 0.05) is 47.2 Å². The topological polar surface area (TPSA) is 82.1 Å². The van der Waals surface area contributed by atoms with Crippen LogP contribution in [-0.4, -0.2) is 32.1 Å². The summed E-state index contributed by atoms with van der Waals surface area (Å²) >= 11 is 0. The average Bonchev–Trinajstić information content (AvgIpc) is 3.28. The third-order valence-corrected chi connectivity index (χ3v) is 4.02. The highest BCUT2D eigenvalue weighted by Crippen LogP contribution is 2.28. The molecule has 3 rings (SSSR count). The van der Waals surface area contributed by atoms with Crippen molar-refractivity contribution < 1.29 is 0 Å². The van der Waals surface area contributed by atoms with Gasteiger partial charge in [-0.1, -0.05) is 20.4 Å². The molecule has 0 bridgehead atoms. The SMILES string of the molecule is C=CN=Cc1cc(-c2[nH]nc3ncc(/C(C)=C/N=C(C)C)cc23)[nH]c1C.CC. The van der Waals surface area contributed by atoms with Gasteiger partial charge in [-0.2, -0.15) is 5.10 Å². The van der Waals surface area contributed by atoms with Gasteiger partial charge in [-0.3, -0.25) is 15.1 Å². The minimum Gasteiger partial charge on any atom is -0.357 e. The third kappa shape index (κ3) is 4.71. The summed E-state index contributed by atoms with van der Waals surface area (Å²) in [6, 6.07) is 4.12. The van der Waals surface area contributed by atoms with Crippen LogP contribution in [0.3, 0.4) is 0 Å². The van der Waals surface area contributed by atoms with E-state index in [1.54, 1.807) is 6.21 Å². The van der Waals surface area contributed by atoms with Crippen LogP contribution in [0, 0.1) is 6.92 Å². The van der Waals surface area contributed by atoms with E-state index in [-0.39, 0.29) is 0 Å². The van der Waals surface area contributed by atoms with Crippen LogP contribution in [0.25, 0.3) is 28.0 Å². The number of nitrogens with zero attached hydrogens (tertiary/aromatic N) is 4. The summed E-state index contributed by atoms with van der Waals surface area (Å²) in [6.45, 7) is 15.6. The minimum atomic E-state index is 0.681. The van der Waals surface area contributed by atoms with Gasteiger partial charge in [0.05, 0.1) is 11.4 Å². The smallest absolute Gasteiger partial charge is 0.181 e.